The Kier molecular flexibility index (Phi) is 5.34. The first-order valence-electron chi connectivity index (χ1n) is 9.18. The number of nitrogens with zero attached hydrogens (tertiary/aromatic N) is 1. The monoisotopic (exact) mass is 386 g/mol. The number of hydrogen-bond donors (Lipinski definition) is 1. The van der Waals surface area contributed by atoms with Gasteiger partial charge in [0.05, 0.1) is 19.8 Å². The highest BCUT2D eigenvalue weighted by Gasteiger charge is 2.38. The summed E-state index contributed by atoms with van der Waals surface area (Å²) in [5.74, 6) is 0.701. The molecule has 4 rings (SSSR count). The molecule has 0 spiro atoms. The SMILES string of the molecule is COc1ccc(C(=O)N[C@@H]2C[C@H]3CO[C@@H](c4ccc(Cl)cc4)CN3C2)cc1. The third-order valence-corrected chi connectivity index (χ3v) is 5.60. The second kappa shape index (κ2) is 7.89. The van der Waals surface area contributed by atoms with Crippen LogP contribution in [0.15, 0.2) is 48.5 Å². The molecule has 6 heteroatoms. The smallest absolute Gasteiger partial charge is 0.251 e. The maximum atomic E-state index is 12.5. The lowest BCUT2D eigenvalue weighted by Crippen LogP contribution is -2.43. The fourth-order valence-corrected chi connectivity index (χ4v) is 3.99. The number of nitrogens with one attached hydrogen (secondary N) is 1. The Morgan fingerprint density at radius 2 is 1.89 bits per heavy atom. The van der Waals surface area contributed by atoms with Crippen LogP contribution < -0.4 is 10.1 Å². The van der Waals surface area contributed by atoms with E-state index in [1.807, 2.05) is 24.3 Å². The number of carbonyl (C=O) groups is 1. The van der Waals surface area contributed by atoms with Gasteiger partial charge in [0.15, 0.2) is 0 Å². The van der Waals surface area contributed by atoms with Crippen molar-refractivity contribution in [3.05, 3.63) is 64.7 Å². The zero-order valence-electron chi connectivity index (χ0n) is 15.2. The van der Waals surface area contributed by atoms with Crippen molar-refractivity contribution >= 4 is 17.5 Å². The van der Waals surface area contributed by atoms with Crippen molar-refractivity contribution < 1.29 is 14.3 Å². The normalized spacial score (nSPS) is 25.0. The zero-order chi connectivity index (χ0) is 18.8. The van der Waals surface area contributed by atoms with Gasteiger partial charge in [-0.1, -0.05) is 23.7 Å². The molecule has 2 saturated heterocycles. The van der Waals surface area contributed by atoms with Gasteiger partial charge in [0, 0.05) is 35.8 Å². The van der Waals surface area contributed by atoms with E-state index in [9.17, 15) is 4.79 Å². The number of methoxy groups -OCH3 is 1. The standard InChI is InChI=1S/C21H23ClN2O3/c1-26-19-8-4-15(5-9-19)21(25)23-17-10-18-13-27-20(12-24(18)11-17)14-2-6-16(22)7-3-14/h2-9,17-18,20H,10-13H2,1H3,(H,23,25)/t17-,18+,20-/m1/s1. The van der Waals surface area contributed by atoms with E-state index in [-0.39, 0.29) is 18.1 Å². The van der Waals surface area contributed by atoms with Crippen molar-refractivity contribution in [2.24, 2.45) is 0 Å². The molecule has 0 bridgehead atoms. The Balaban J connectivity index is 1.35. The van der Waals surface area contributed by atoms with E-state index in [1.54, 1.807) is 31.4 Å². The predicted octanol–water partition coefficient (Wildman–Crippen LogP) is 3.29. The fraction of sp³-hybridized carbons (Fsp3) is 0.381. The second-order valence-electron chi connectivity index (χ2n) is 7.12. The lowest BCUT2D eigenvalue weighted by Gasteiger charge is -2.35. The van der Waals surface area contributed by atoms with Gasteiger partial charge in [0.1, 0.15) is 5.75 Å². The van der Waals surface area contributed by atoms with E-state index in [0.29, 0.717) is 18.2 Å². The quantitative estimate of drug-likeness (QED) is 0.876. The highest BCUT2D eigenvalue weighted by molar-refractivity contribution is 6.30. The van der Waals surface area contributed by atoms with Crippen molar-refractivity contribution in [1.29, 1.82) is 0 Å². The minimum Gasteiger partial charge on any atom is -0.497 e. The Labute approximate surface area is 164 Å². The first-order valence-corrected chi connectivity index (χ1v) is 9.56. The average molecular weight is 387 g/mol. The van der Waals surface area contributed by atoms with Gasteiger partial charge in [0.25, 0.3) is 5.91 Å². The predicted molar refractivity (Wildman–Crippen MR) is 104 cm³/mol. The number of amides is 1. The number of benzene rings is 2. The lowest BCUT2D eigenvalue weighted by molar-refractivity contribution is -0.0502. The second-order valence-corrected chi connectivity index (χ2v) is 7.55. The van der Waals surface area contributed by atoms with Crippen LogP contribution in [0.1, 0.15) is 28.4 Å². The third-order valence-electron chi connectivity index (χ3n) is 5.35. The zero-order valence-corrected chi connectivity index (χ0v) is 16.0. The van der Waals surface area contributed by atoms with Crippen LogP contribution in [-0.2, 0) is 4.74 Å². The summed E-state index contributed by atoms with van der Waals surface area (Å²) in [4.78, 5) is 14.9. The maximum absolute atomic E-state index is 12.5. The number of carbonyl (C=O) groups excluding carboxylic acids is 1. The molecule has 5 nitrogen and oxygen atoms in total. The molecule has 2 aromatic rings. The molecule has 0 saturated carbocycles. The molecule has 0 radical (unpaired) electrons. The highest BCUT2D eigenvalue weighted by atomic mass is 35.5. The molecule has 2 aliphatic heterocycles. The number of ether oxygens (including phenoxy) is 2. The molecule has 0 unspecified atom stereocenters. The fourth-order valence-electron chi connectivity index (χ4n) is 3.87. The highest BCUT2D eigenvalue weighted by Crippen LogP contribution is 2.31. The molecule has 0 aliphatic carbocycles. The first kappa shape index (κ1) is 18.3. The summed E-state index contributed by atoms with van der Waals surface area (Å²) < 4.78 is 11.2. The molecule has 1 N–H and O–H groups in total. The first-order chi connectivity index (χ1) is 13.1. The van der Waals surface area contributed by atoms with E-state index in [0.717, 1.165) is 35.8 Å². The van der Waals surface area contributed by atoms with Crippen LogP contribution in [0, 0.1) is 0 Å². The molecular weight excluding hydrogens is 364 g/mol. The van der Waals surface area contributed by atoms with Crippen LogP contribution >= 0.6 is 11.6 Å². The molecule has 2 fully saturated rings. The van der Waals surface area contributed by atoms with E-state index >= 15 is 0 Å². The van der Waals surface area contributed by atoms with Gasteiger partial charge in [-0.25, -0.2) is 0 Å². The van der Waals surface area contributed by atoms with Gasteiger partial charge < -0.3 is 14.8 Å². The van der Waals surface area contributed by atoms with Gasteiger partial charge in [-0.3, -0.25) is 9.69 Å². The van der Waals surface area contributed by atoms with E-state index < -0.39 is 0 Å². The summed E-state index contributed by atoms with van der Waals surface area (Å²) in [5, 5.41) is 3.89. The van der Waals surface area contributed by atoms with E-state index in [4.69, 9.17) is 21.1 Å². The minimum atomic E-state index is -0.0438. The van der Waals surface area contributed by atoms with Crippen LogP contribution in [0.2, 0.25) is 5.02 Å². The number of fused-ring (bicyclic) bond motifs is 1. The van der Waals surface area contributed by atoms with Gasteiger partial charge in [-0.15, -0.1) is 0 Å². The Hall–Kier alpha value is -2.08. The van der Waals surface area contributed by atoms with E-state index in [1.165, 1.54) is 0 Å². The van der Waals surface area contributed by atoms with Crippen LogP contribution in [0.4, 0.5) is 0 Å². The van der Waals surface area contributed by atoms with Crippen LogP contribution in [0.5, 0.6) is 5.75 Å². The van der Waals surface area contributed by atoms with Crippen molar-refractivity contribution in [2.45, 2.75) is 24.6 Å². The summed E-state index contributed by atoms with van der Waals surface area (Å²) in [5.41, 5.74) is 1.79. The van der Waals surface area contributed by atoms with Crippen molar-refractivity contribution in [1.82, 2.24) is 10.2 Å². The maximum Gasteiger partial charge on any atom is 0.251 e. The molecule has 27 heavy (non-hydrogen) atoms. The summed E-state index contributed by atoms with van der Waals surface area (Å²) in [6, 6.07) is 15.5. The summed E-state index contributed by atoms with van der Waals surface area (Å²) in [6.07, 6.45) is 0.962. The summed E-state index contributed by atoms with van der Waals surface area (Å²) in [6.45, 7) is 2.36. The minimum absolute atomic E-state index is 0.0438. The van der Waals surface area contributed by atoms with Crippen molar-refractivity contribution in [3.8, 4) is 5.75 Å². The topological polar surface area (TPSA) is 50.8 Å². The van der Waals surface area contributed by atoms with Crippen LogP contribution in [-0.4, -0.2) is 49.7 Å². The summed E-state index contributed by atoms with van der Waals surface area (Å²) >= 11 is 5.98. The lowest BCUT2D eigenvalue weighted by atomic mass is 10.1. The molecule has 2 aromatic carbocycles. The van der Waals surface area contributed by atoms with Crippen LogP contribution in [0.25, 0.3) is 0 Å². The number of halogens is 1. The van der Waals surface area contributed by atoms with Crippen molar-refractivity contribution in [3.63, 3.8) is 0 Å². The molecule has 142 valence electrons. The molecular formula is C21H23ClN2O3. The molecule has 0 aromatic heterocycles. The van der Waals surface area contributed by atoms with Gasteiger partial charge in [-0.05, 0) is 48.4 Å². The average Bonchev–Trinajstić information content (AvgIpc) is 3.10. The van der Waals surface area contributed by atoms with Gasteiger partial charge >= 0.3 is 0 Å². The Morgan fingerprint density at radius 3 is 2.59 bits per heavy atom. The molecule has 2 aliphatic rings. The summed E-state index contributed by atoms with van der Waals surface area (Å²) in [7, 11) is 1.61. The molecule has 2 heterocycles. The molecule has 3 atom stereocenters. The Morgan fingerprint density at radius 1 is 1.15 bits per heavy atom. The van der Waals surface area contributed by atoms with Gasteiger partial charge in [-0.2, -0.15) is 0 Å². The van der Waals surface area contributed by atoms with Crippen LogP contribution in [0.3, 0.4) is 0 Å². The van der Waals surface area contributed by atoms with Crippen molar-refractivity contribution in [2.75, 3.05) is 26.8 Å². The number of morpholine rings is 1. The number of hydrogen-bond acceptors (Lipinski definition) is 4. The molecule has 1 amide bonds. The number of rotatable bonds is 4. The van der Waals surface area contributed by atoms with E-state index in [2.05, 4.69) is 10.2 Å². The van der Waals surface area contributed by atoms with Gasteiger partial charge in [0.2, 0.25) is 0 Å². The third kappa shape index (κ3) is 4.10. The largest absolute Gasteiger partial charge is 0.497 e. The Bertz CT molecular complexity index is 794.